The molecule has 96 valence electrons. The van der Waals surface area contributed by atoms with Crippen molar-refractivity contribution in [3.8, 4) is 0 Å². The van der Waals surface area contributed by atoms with Crippen molar-refractivity contribution in [2.75, 3.05) is 0 Å². The fourth-order valence-corrected chi connectivity index (χ4v) is 4.38. The predicted octanol–water partition coefficient (Wildman–Crippen LogP) is 4.39. The van der Waals surface area contributed by atoms with Crippen molar-refractivity contribution in [2.45, 2.75) is 38.6 Å². The van der Waals surface area contributed by atoms with Gasteiger partial charge in [0.2, 0.25) is 0 Å². The second-order valence-corrected chi connectivity index (χ2v) is 7.24. The zero-order chi connectivity index (χ0) is 12.4. The maximum atomic E-state index is 6.21. The summed E-state index contributed by atoms with van der Waals surface area (Å²) in [6.45, 7) is 2.31. The largest absolute Gasteiger partial charge is 0.271 e. The van der Waals surface area contributed by atoms with E-state index < -0.39 is 0 Å². The first-order chi connectivity index (χ1) is 8.11. The molecule has 1 aliphatic carbocycles. The second-order valence-electron chi connectivity index (χ2n) is 4.96. The van der Waals surface area contributed by atoms with Crippen LogP contribution in [0.5, 0.6) is 0 Å². The molecule has 1 saturated carbocycles. The Bertz CT molecular complexity index is 381. The predicted molar refractivity (Wildman–Crippen MR) is 75.5 cm³/mol. The lowest BCUT2D eigenvalue weighted by atomic mass is 9.77. The number of hydrogen-bond acceptors (Lipinski definition) is 3. The molecule has 1 aliphatic rings. The summed E-state index contributed by atoms with van der Waals surface area (Å²) in [7, 11) is 0. The van der Waals surface area contributed by atoms with Gasteiger partial charge in [-0.15, -0.1) is 11.3 Å². The van der Waals surface area contributed by atoms with Crippen molar-refractivity contribution < 1.29 is 0 Å². The topological polar surface area (TPSA) is 38.0 Å². The van der Waals surface area contributed by atoms with Crippen molar-refractivity contribution in [1.29, 1.82) is 0 Å². The maximum absolute atomic E-state index is 6.21. The Balaban J connectivity index is 2.18. The van der Waals surface area contributed by atoms with Gasteiger partial charge in [0, 0.05) is 5.56 Å². The molecule has 1 heterocycles. The van der Waals surface area contributed by atoms with Crippen molar-refractivity contribution in [1.82, 2.24) is 5.43 Å². The van der Waals surface area contributed by atoms with Gasteiger partial charge < -0.3 is 0 Å². The highest BCUT2D eigenvalue weighted by molar-refractivity contribution is 7.20. The second kappa shape index (κ2) is 5.89. The molecule has 1 aromatic rings. The molecular weight excluding hydrogens is 275 g/mol. The summed E-state index contributed by atoms with van der Waals surface area (Å²) < 4.78 is 1.49. The fourth-order valence-electron chi connectivity index (χ4n) is 2.83. The first kappa shape index (κ1) is 13.6. The van der Waals surface area contributed by atoms with Crippen LogP contribution in [-0.4, -0.2) is 0 Å². The summed E-state index contributed by atoms with van der Waals surface area (Å²) >= 11 is 13.6. The summed E-state index contributed by atoms with van der Waals surface area (Å²) in [6, 6.07) is 2.08. The first-order valence-electron chi connectivity index (χ1n) is 6.02. The number of rotatable bonds is 3. The highest BCUT2D eigenvalue weighted by Crippen LogP contribution is 2.42. The zero-order valence-electron chi connectivity index (χ0n) is 9.88. The van der Waals surface area contributed by atoms with Crippen LogP contribution in [0.4, 0.5) is 0 Å². The van der Waals surface area contributed by atoms with Crippen LogP contribution in [0.3, 0.4) is 0 Å². The molecule has 17 heavy (non-hydrogen) atoms. The molecule has 0 radical (unpaired) electrons. The van der Waals surface area contributed by atoms with Gasteiger partial charge in [-0.1, -0.05) is 43.0 Å². The minimum atomic E-state index is 0.133. The number of nitrogens with one attached hydrogen (secondary N) is 1. The molecule has 3 unspecified atom stereocenters. The Morgan fingerprint density at radius 2 is 2.24 bits per heavy atom. The molecule has 1 aromatic heterocycles. The van der Waals surface area contributed by atoms with Crippen LogP contribution in [0, 0.1) is 11.8 Å². The van der Waals surface area contributed by atoms with E-state index in [1.807, 2.05) is 6.07 Å². The third kappa shape index (κ3) is 3.15. The SMILES string of the molecule is CC1CCCC(C(NN)c2cc(Cl)sc2Cl)C1. The molecule has 0 amide bonds. The summed E-state index contributed by atoms with van der Waals surface area (Å²) in [4.78, 5) is 0. The van der Waals surface area contributed by atoms with Gasteiger partial charge in [0.15, 0.2) is 0 Å². The number of halogens is 2. The number of hydrazine groups is 1. The molecule has 0 aliphatic heterocycles. The molecule has 5 heteroatoms. The van der Waals surface area contributed by atoms with Crippen LogP contribution in [0.15, 0.2) is 6.07 Å². The highest BCUT2D eigenvalue weighted by atomic mass is 35.5. The van der Waals surface area contributed by atoms with E-state index in [1.165, 1.54) is 37.0 Å². The third-order valence-corrected chi connectivity index (χ3v) is 5.16. The van der Waals surface area contributed by atoms with E-state index in [4.69, 9.17) is 29.0 Å². The molecule has 3 N–H and O–H groups in total. The van der Waals surface area contributed by atoms with E-state index in [9.17, 15) is 0 Å². The van der Waals surface area contributed by atoms with Gasteiger partial charge in [0.05, 0.1) is 14.7 Å². The van der Waals surface area contributed by atoms with E-state index in [2.05, 4.69) is 12.3 Å². The lowest BCUT2D eigenvalue weighted by molar-refractivity contribution is 0.225. The van der Waals surface area contributed by atoms with E-state index in [1.54, 1.807) is 0 Å². The number of thiophene rings is 1. The van der Waals surface area contributed by atoms with Crippen LogP contribution < -0.4 is 11.3 Å². The number of hydrogen-bond donors (Lipinski definition) is 2. The van der Waals surface area contributed by atoms with Gasteiger partial charge in [-0.2, -0.15) is 0 Å². The molecule has 0 aromatic carbocycles. The molecule has 1 fully saturated rings. The zero-order valence-corrected chi connectivity index (χ0v) is 12.2. The fraction of sp³-hybridized carbons (Fsp3) is 0.667. The highest BCUT2D eigenvalue weighted by Gasteiger charge is 2.29. The quantitative estimate of drug-likeness (QED) is 0.641. The van der Waals surface area contributed by atoms with Gasteiger partial charge in [-0.3, -0.25) is 11.3 Å². The van der Waals surface area contributed by atoms with Crippen molar-refractivity contribution in [3.63, 3.8) is 0 Å². The first-order valence-corrected chi connectivity index (χ1v) is 7.60. The van der Waals surface area contributed by atoms with Gasteiger partial charge in [-0.05, 0) is 30.7 Å². The summed E-state index contributed by atoms with van der Waals surface area (Å²) in [5, 5.41) is 0. The van der Waals surface area contributed by atoms with Crippen LogP contribution in [0.2, 0.25) is 8.67 Å². The van der Waals surface area contributed by atoms with Crippen LogP contribution in [-0.2, 0) is 0 Å². The molecular formula is C12H18Cl2N2S. The Morgan fingerprint density at radius 3 is 2.76 bits per heavy atom. The summed E-state index contributed by atoms with van der Waals surface area (Å²) in [5.74, 6) is 7.05. The monoisotopic (exact) mass is 292 g/mol. The van der Waals surface area contributed by atoms with Gasteiger partial charge >= 0.3 is 0 Å². The molecule has 0 saturated heterocycles. The van der Waals surface area contributed by atoms with E-state index in [-0.39, 0.29) is 6.04 Å². The Labute approximate surface area is 116 Å². The third-order valence-electron chi connectivity index (χ3n) is 3.65. The number of nitrogens with two attached hydrogens (primary N) is 1. The normalized spacial score (nSPS) is 27.1. The molecule has 2 nitrogen and oxygen atoms in total. The lowest BCUT2D eigenvalue weighted by Gasteiger charge is -2.32. The van der Waals surface area contributed by atoms with Gasteiger partial charge in [-0.25, -0.2) is 0 Å². The summed E-state index contributed by atoms with van der Waals surface area (Å²) in [6.07, 6.45) is 5.02. The lowest BCUT2D eigenvalue weighted by Crippen LogP contribution is -2.35. The Hall–Kier alpha value is 0.200. The average Bonchev–Trinajstić information content (AvgIpc) is 2.59. The van der Waals surface area contributed by atoms with Gasteiger partial charge in [0.25, 0.3) is 0 Å². The van der Waals surface area contributed by atoms with Crippen LogP contribution >= 0.6 is 34.5 Å². The van der Waals surface area contributed by atoms with E-state index in [0.717, 1.165) is 20.2 Å². The van der Waals surface area contributed by atoms with Crippen molar-refractivity contribution >= 4 is 34.5 Å². The molecule has 3 atom stereocenters. The standard InChI is InChI=1S/C12H18Cl2N2S/c1-7-3-2-4-8(5-7)11(16-15)9-6-10(13)17-12(9)14/h6-8,11,16H,2-5,15H2,1H3. The van der Waals surface area contributed by atoms with Crippen LogP contribution in [0.1, 0.15) is 44.2 Å². The Morgan fingerprint density at radius 1 is 1.47 bits per heavy atom. The smallest absolute Gasteiger partial charge is 0.0992 e. The van der Waals surface area contributed by atoms with Gasteiger partial charge in [0.1, 0.15) is 0 Å². The Kier molecular flexibility index (Phi) is 4.72. The maximum Gasteiger partial charge on any atom is 0.0992 e. The minimum Gasteiger partial charge on any atom is -0.271 e. The van der Waals surface area contributed by atoms with Crippen molar-refractivity contribution in [2.24, 2.45) is 17.7 Å². The van der Waals surface area contributed by atoms with E-state index >= 15 is 0 Å². The van der Waals surface area contributed by atoms with Crippen LogP contribution in [0.25, 0.3) is 0 Å². The average molecular weight is 293 g/mol. The summed E-state index contributed by atoms with van der Waals surface area (Å²) in [5.41, 5.74) is 3.98. The molecule has 0 bridgehead atoms. The van der Waals surface area contributed by atoms with E-state index in [0.29, 0.717) is 5.92 Å². The van der Waals surface area contributed by atoms with Crippen molar-refractivity contribution in [3.05, 3.63) is 20.3 Å². The molecule has 2 rings (SSSR count). The molecule has 0 spiro atoms. The minimum absolute atomic E-state index is 0.133.